The molecule has 0 amide bonds. The molecular weight excluding hydrogens is 376 g/mol. The molecule has 3 atom stereocenters. The molecule has 7 heteroatoms. The zero-order chi connectivity index (χ0) is 21.9. The minimum atomic E-state index is -2.15. The van der Waals surface area contributed by atoms with Crippen LogP contribution in [0.4, 0.5) is 0 Å². The van der Waals surface area contributed by atoms with E-state index in [1.54, 1.807) is 0 Å². The summed E-state index contributed by atoms with van der Waals surface area (Å²) in [6, 6.07) is 0. The number of aliphatic carboxylic acids is 2. The Morgan fingerprint density at radius 1 is 0.690 bits per heavy atom. The molecule has 0 aliphatic carbocycles. The molecule has 0 aromatic rings. The Balaban J connectivity index is 3.52. The number of carboxylic acids is 2. The van der Waals surface area contributed by atoms with Gasteiger partial charge >= 0.3 is 11.9 Å². The predicted octanol–water partition coefficient (Wildman–Crippen LogP) is 4.13. The number of carboxylic acid groups (broad SMARTS) is 2. The fraction of sp³-hybridized carbons (Fsp3) is 0.909. The summed E-state index contributed by atoms with van der Waals surface area (Å²) in [6.07, 6.45) is 13.0. The van der Waals surface area contributed by atoms with E-state index in [0.29, 0.717) is 6.42 Å². The standard InChI is InChI=1S/C22H42O7/c1-2-3-4-5-6-7-8-9-10-11-12-13-14-15-16-18(23)17-29-20(22(27)28)19(24)21(25)26/h18-20,23-24H,2-17H2,1H3,(H,25,26)(H,27,28). The van der Waals surface area contributed by atoms with Crippen molar-refractivity contribution in [3.8, 4) is 0 Å². The van der Waals surface area contributed by atoms with E-state index in [1.165, 1.54) is 70.6 Å². The number of aliphatic hydroxyl groups is 2. The van der Waals surface area contributed by atoms with Gasteiger partial charge in [0.15, 0.2) is 12.2 Å². The van der Waals surface area contributed by atoms with Gasteiger partial charge in [0.05, 0.1) is 12.7 Å². The van der Waals surface area contributed by atoms with Crippen LogP contribution in [0.25, 0.3) is 0 Å². The molecule has 29 heavy (non-hydrogen) atoms. The molecule has 0 saturated carbocycles. The van der Waals surface area contributed by atoms with Crippen molar-refractivity contribution in [3.05, 3.63) is 0 Å². The van der Waals surface area contributed by atoms with Gasteiger partial charge in [0.1, 0.15) is 0 Å². The van der Waals surface area contributed by atoms with Crippen LogP contribution in [-0.4, -0.2) is 57.3 Å². The number of aliphatic hydroxyl groups excluding tert-OH is 2. The molecule has 0 radical (unpaired) electrons. The second kappa shape index (κ2) is 18.8. The molecule has 0 aliphatic rings. The zero-order valence-corrected chi connectivity index (χ0v) is 18.1. The quantitative estimate of drug-likeness (QED) is 0.207. The smallest absolute Gasteiger partial charge is 0.336 e. The van der Waals surface area contributed by atoms with Gasteiger partial charge in [-0.2, -0.15) is 0 Å². The number of unbranched alkanes of at least 4 members (excludes halogenated alkanes) is 13. The van der Waals surface area contributed by atoms with E-state index in [2.05, 4.69) is 6.92 Å². The van der Waals surface area contributed by atoms with E-state index in [4.69, 9.17) is 14.9 Å². The van der Waals surface area contributed by atoms with Crippen LogP contribution in [0.5, 0.6) is 0 Å². The van der Waals surface area contributed by atoms with E-state index >= 15 is 0 Å². The molecule has 0 saturated heterocycles. The third-order valence-corrected chi connectivity index (χ3v) is 5.14. The summed E-state index contributed by atoms with van der Waals surface area (Å²) in [5.74, 6) is -3.23. The topological polar surface area (TPSA) is 124 Å². The van der Waals surface area contributed by atoms with Crippen molar-refractivity contribution in [1.29, 1.82) is 0 Å². The lowest BCUT2D eigenvalue weighted by molar-refractivity contribution is -0.173. The van der Waals surface area contributed by atoms with Gasteiger partial charge in [-0.1, -0.05) is 96.8 Å². The van der Waals surface area contributed by atoms with Crippen LogP contribution in [0.1, 0.15) is 103 Å². The molecule has 3 unspecified atom stereocenters. The molecular formula is C22H42O7. The maximum Gasteiger partial charge on any atom is 0.336 e. The zero-order valence-electron chi connectivity index (χ0n) is 18.1. The third kappa shape index (κ3) is 16.3. The Hall–Kier alpha value is -1.18. The Kier molecular flexibility index (Phi) is 18.1. The van der Waals surface area contributed by atoms with Crippen molar-refractivity contribution in [2.24, 2.45) is 0 Å². The molecule has 0 aromatic heterocycles. The summed E-state index contributed by atoms with van der Waals surface area (Å²) < 4.78 is 4.88. The van der Waals surface area contributed by atoms with E-state index in [0.717, 1.165) is 19.3 Å². The molecule has 0 aromatic carbocycles. The highest BCUT2D eigenvalue weighted by Gasteiger charge is 2.33. The first-order chi connectivity index (χ1) is 13.9. The number of ether oxygens (including phenoxy) is 1. The molecule has 172 valence electrons. The number of hydrogen-bond acceptors (Lipinski definition) is 5. The molecule has 0 aliphatic heterocycles. The van der Waals surface area contributed by atoms with Crippen LogP contribution in [-0.2, 0) is 14.3 Å². The first kappa shape index (κ1) is 27.8. The number of carbonyl (C=O) groups is 2. The second-order valence-electron chi connectivity index (χ2n) is 7.91. The van der Waals surface area contributed by atoms with Gasteiger partial charge in [0.2, 0.25) is 0 Å². The van der Waals surface area contributed by atoms with E-state index in [-0.39, 0.29) is 6.61 Å². The lowest BCUT2D eigenvalue weighted by atomic mass is 10.0. The van der Waals surface area contributed by atoms with E-state index < -0.39 is 30.3 Å². The maximum atomic E-state index is 10.9. The summed E-state index contributed by atoms with van der Waals surface area (Å²) >= 11 is 0. The minimum Gasteiger partial charge on any atom is -0.479 e. The Bertz CT molecular complexity index is 414. The van der Waals surface area contributed by atoms with Crippen LogP contribution in [0.3, 0.4) is 0 Å². The van der Waals surface area contributed by atoms with Crippen LogP contribution < -0.4 is 0 Å². The fourth-order valence-corrected chi connectivity index (χ4v) is 3.30. The van der Waals surface area contributed by atoms with Gasteiger partial charge in [-0.3, -0.25) is 0 Å². The van der Waals surface area contributed by atoms with Crippen LogP contribution in [0.2, 0.25) is 0 Å². The van der Waals surface area contributed by atoms with Crippen molar-refractivity contribution in [2.45, 2.75) is 122 Å². The Labute approximate surface area is 175 Å². The SMILES string of the molecule is CCCCCCCCCCCCCCCCC(O)COC(C(=O)O)C(O)C(=O)O. The van der Waals surface area contributed by atoms with Gasteiger partial charge < -0.3 is 25.2 Å². The minimum absolute atomic E-state index is 0.306. The van der Waals surface area contributed by atoms with Crippen LogP contribution >= 0.6 is 0 Å². The molecule has 0 rings (SSSR count). The molecule has 4 N–H and O–H groups in total. The number of hydrogen-bond donors (Lipinski definition) is 4. The summed E-state index contributed by atoms with van der Waals surface area (Å²) in [5.41, 5.74) is 0. The van der Waals surface area contributed by atoms with Crippen molar-refractivity contribution in [3.63, 3.8) is 0 Å². The lowest BCUT2D eigenvalue weighted by Gasteiger charge is -2.18. The largest absolute Gasteiger partial charge is 0.479 e. The first-order valence-corrected chi connectivity index (χ1v) is 11.3. The fourth-order valence-electron chi connectivity index (χ4n) is 3.30. The lowest BCUT2D eigenvalue weighted by Crippen LogP contribution is -2.43. The summed E-state index contributed by atoms with van der Waals surface area (Å²) in [6.45, 7) is 1.93. The predicted molar refractivity (Wildman–Crippen MR) is 112 cm³/mol. The van der Waals surface area contributed by atoms with Crippen LogP contribution in [0, 0.1) is 0 Å². The molecule has 0 heterocycles. The number of rotatable bonds is 21. The highest BCUT2D eigenvalue weighted by atomic mass is 16.5. The van der Waals surface area contributed by atoms with Gasteiger partial charge in [-0.15, -0.1) is 0 Å². The Morgan fingerprint density at radius 2 is 1.10 bits per heavy atom. The van der Waals surface area contributed by atoms with Gasteiger partial charge in [-0.25, -0.2) is 9.59 Å². The first-order valence-electron chi connectivity index (χ1n) is 11.3. The average molecular weight is 419 g/mol. The van der Waals surface area contributed by atoms with Crippen LogP contribution in [0.15, 0.2) is 0 Å². The van der Waals surface area contributed by atoms with E-state index in [1.807, 2.05) is 0 Å². The molecule has 7 nitrogen and oxygen atoms in total. The summed E-state index contributed by atoms with van der Waals surface area (Å²) in [5, 5.41) is 36.7. The Morgan fingerprint density at radius 3 is 1.48 bits per heavy atom. The van der Waals surface area contributed by atoms with Crippen molar-refractivity contribution >= 4 is 11.9 Å². The van der Waals surface area contributed by atoms with E-state index in [9.17, 15) is 19.8 Å². The van der Waals surface area contributed by atoms with Gasteiger partial charge in [0.25, 0.3) is 0 Å². The summed E-state index contributed by atoms with van der Waals surface area (Å²) in [7, 11) is 0. The highest BCUT2D eigenvalue weighted by Crippen LogP contribution is 2.14. The van der Waals surface area contributed by atoms with Gasteiger partial charge in [-0.05, 0) is 6.42 Å². The molecule has 0 bridgehead atoms. The van der Waals surface area contributed by atoms with Gasteiger partial charge in [0, 0.05) is 0 Å². The van der Waals surface area contributed by atoms with Crippen molar-refractivity contribution in [2.75, 3.05) is 6.61 Å². The van der Waals surface area contributed by atoms with Crippen molar-refractivity contribution < 1.29 is 34.8 Å². The monoisotopic (exact) mass is 418 g/mol. The normalized spacial score (nSPS) is 14.4. The third-order valence-electron chi connectivity index (χ3n) is 5.14. The molecule has 0 spiro atoms. The second-order valence-corrected chi connectivity index (χ2v) is 7.91. The summed E-state index contributed by atoms with van der Waals surface area (Å²) in [4.78, 5) is 21.6. The molecule has 0 fully saturated rings. The van der Waals surface area contributed by atoms with Crippen molar-refractivity contribution in [1.82, 2.24) is 0 Å². The average Bonchev–Trinajstić information content (AvgIpc) is 2.67. The maximum absolute atomic E-state index is 10.9. The highest BCUT2D eigenvalue weighted by molar-refractivity contribution is 5.83.